The Kier molecular flexibility index (Phi) is 4.10. The Balaban J connectivity index is 1.68. The van der Waals surface area contributed by atoms with Crippen LogP contribution in [0.2, 0.25) is 0 Å². The van der Waals surface area contributed by atoms with E-state index in [-0.39, 0.29) is 41.6 Å². The lowest BCUT2D eigenvalue weighted by Crippen LogP contribution is -2.32. The van der Waals surface area contributed by atoms with Crippen molar-refractivity contribution in [3.05, 3.63) is 61.7 Å². The molecule has 4 heterocycles. The zero-order valence-electron chi connectivity index (χ0n) is 17.4. The number of carbonyl (C=O) groups is 1. The van der Waals surface area contributed by atoms with E-state index >= 15 is 0 Å². The number of rotatable bonds is 2. The van der Waals surface area contributed by atoms with Crippen LogP contribution in [-0.2, 0) is 29.1 Å². The van der Waals surface area contributed by atoms with Gasteiger partial charge in [-0.2, -0.15) is 0 Å². The zero-order chi connectivity index (χ0) is 22.3. The van der Waals surface area contributed by atoms with Gasteiger partial charge in [0.25, 0.3) is 5.56 Å². The molecule has 0 radical (unpaired) electrons. The van der Waals surface area contributed by atoms with Crippen molar-refractivity contribution in [3.63, 3.8) is 0 Å². The van der Waals surface area contributed by atoms with Crippen LogP contribution < -0.4 is 5.56 Å². The van der Waals surface area contributed by atoms with E-state index in [4.69, 9.17) is 9.72 Å². The summed E-state index contributed by atoms with van der Waals surface area (Å²) in [6, 6.07) is 3.07. The summed E-state index contributed by atoms with van der Waals surface area (Å²) in [7, 11) is 0. The molecule has 1 aromatic carbocycles. The van der Waals surface area contributed by atoms with Crippen molar-refractivity contribution in [2.75, 3.05) is 6.61 Å². The second-order valence-corrected chi connectivity index (χ2v) is 8.82. The second kappa shape index (κ2) is 6.70. The number of cyclic esters (lactones) is 1. The molecule has 2 aromatic heterocycles. The average molecular weight is 436 g/mol. The third kappa shape index (κ3) is 2.45. The van der Waals surface area contributed by atoms with Gasteiger partial charge in [-0.3, -0.25) is 4.79 Å². The van der Waals surface area contributed by atoms with Gasteiger partial charge in [0.2, 0.25) is 0 Å². The van der Waals surface area contributed by atoms with E-state index in [0.717, 1.165) is 28.5 Å². The number of fused-ring (bicyclic) bond motifs is 5. The fourth-order valence-corrected chi connectivity index (χ4v) is 5.64. The third-order valence-corrected chi connectivity index (χ3v) is 7.24. The maximum Gasteiger partial charge on any atom is 0.340 e. The largest absolute Gasteiger partial charge is 0.458 e. The summed E-state index contributed by atoms with van der Waals surface area (Å²) in [5.41, 5.74) is 5.25. The maximum atomic E-state index is 14.7. The van der Waals surface area contributed by atoms with Crippen molar-refractivity contribution in [1.82, 2.24) is 9.55 Å². The molecule has 1 aliphatic carbocycles. The molecule has 8 heteroatoms. The number of hydrogen-bond acceptors (Lipinski definition) is 6. The topological polar surface area (TPSA) is 102 Å². The quantitative estimate of drug-likeness (QED) is 0.468. The van der Waals surface area contributed by atoms with Gasteiger partial charge in [-0.1, -0.05) is 0 Å². The first-order chi connectivity index (χ1) is 15.4. The number of halogens is 1. The van der Waals surface area contributed by atoms with E-state index in [1.54, 1.807) is 17.6 Å². The van der Waals surface area contributed by atoms with Gasteiger partial charge in [0, 0.05) is 29.2 Å². The number of nitrogens with zero attached hydrogens (tertiary/aromatic N) is 2. The number of aliphatic hydroxyl groups is 2. The standard InChI is InChI=1S/C24H21FN2O5/c1-10-12-3-2-11(4-5-28)19-14-8-27-18(21(14)26-17(20(12)19)7-16(10)25)6-13-15(23(27)30)9-32-24(31)22(13)29/h6-7,11,22,28-29H,2-5,8-9H2,1H3. The van der Waals surface area contributed by atoms with Crippen LogP contribution in [0.5, 0.6) is 0 Å². The number of ether oxygens (including phenoxy) is 1. The van der Waals surface area contributed by atoms with E-state index in [2.05, 4.69) is 0 Å². The Morgan fingerprint density at radius 2 is 2.06 bits per heavy atom. The molecular weight excluding hydrogens is 415 g/mol. The Morgan fingerprint density at radius 1 is 1.25 bits per heavy atom. The van der Waals surface area contributed by atoms with Crippen LogP contribution >= 0.6 is 0 Å². The number of carbonyl (C=O) groups excluding carboxylic acids is 1. The van der Waals surface area contributed by atoms with Crippen LogP contribution in [-0.4, -0.2) is 32.3 Å². The monoisotopic (exact) mass is 436 g/mol. The van der Waals surface area contributed by atoms with Gasteiger partial charge in [-0.05, 0) is 54.9 Å². The van der Waals surface area contributed by atoms with Crippen molar-refractivity contribution in [2.24, 2.45) is 0 Å². The van der Waals surface area contributed by atoms with Crippen molar-refractivity contribution >= 4 is 16.9 Å². The number of pyridine rings is 2. The molecule has 2 unspecified atom stereocenters. The number of hydrogen-bond donors (Lipinski definition) is 2. The van der Waals surface area contributed by atoms with Crippen molar-refractivity contribution in [1.29, 1.82) is 0 Å². The first-order valence-electron chi connectivity index (χ1n) is 10.8. The number of aryl methyl sites for hydroxylation is 1. The molecule has 0 fully saturated rings. The SMILES string of the molecule is Cc1c(F)cc2nc3c(c4c2c1CCC4CCO)Cn1c-3cc2c(c1=O)COC(=O)C2O. The normalized spacial score (nSPS) is 20.7. The Bertz CT molecular complexity index is 1410. The van der Waals surface area contributed by atoms with Crippen molar-refractivity contribution in [2.45, 2.75) is 51.4 Å². The molecule has 2 N–H and O–H groups in total. The van der Waals surface area contributed by atoms with E-state index in [1.807, 2.05) is 0 Å². The van der Waals surface area contributed by atoms with Crippen LogP contribution in [0.4, 0.5) is 4.39 Å². The van der Waals surface area contributed by atoms with Gasteiger partial charge in [0.05, 0.1) is 29.0 Å². The first kappa shape index (κ1) is 19.6. The van der Waals surface area contributed by atoms with Gasteiger partial charge >= 0.3 is 5.97 Å². The van der Waals surface area contributed by atoms with E-state index in [9.17, 15) is 24.2 Å². The van der Waals surface area contributed by atoms with Crippen molar-refractivity contribution in [3.8, 4) is 11.4 Å². The van der Waals surface area contributed by atoms with Gasteiger partial charge in [0.1, 0.15) is 12.4 Å². The van der Waals surface area contributed by atoms with Crippen LogP contribution in [0.1, 0.15) is 58.2 Å². The number of benzene rings is 1. The average Bonchev–Trinajstić information content (AvgIpc) is 3.14. The van der Waals surface area contributed by atoms with Gasteiger partial charge in [-0.15, -0.1) is 0 Å². The predicted molar refractivity (Wildman–Crippen MR) is 113 cm³/mol. The van der Waals surface area contributed by atoms with Crippen LogP contribution in [0.3, 0.4) is 0 Å². The smallest absolute Gasteiger partial charge is 0.340 e. The summed E-state index contributed by atoms with van der Waals surface area (Å²) in [6.45, 7) is 1.94. The molecule has 3 aromatic rings. The molecule has 0 saturated heterocycles. The summed E-state index contributed by atoms with van der Waals surface area (Å²) in [4.78, 5) is 29.9. The fourth-order valence-electron chi connectivity index (χ4n) is 5.64. The number of aromatic nitrogens is 2. The third-order valence-electron chi connectivity index (χ3n) is 7.24. The minimum atomic E-state index is -1.52. The second-order valence-electron chi connectivity index (χ2n) is 8.82. The van der Waals surface area contributed by atoms with Gasteiger partial charge in [-0.25, -0.2) is 14.2 Å². The molecule has 6 rings (SSSR count). The minimum absolute atomic E-state index is 0.0333. The first-order valence-corrected chi connectivity index (χ1v) is 10.8. The molecule has 2 aliphatic heterocycles. The number of aliphatic hydroxyl groups excluding tert-OH is 2. The molecule has 7 nitrogen and oxygen atoms in total. The molecule has 0 saturated carbocycles. The molecule has 164 valence electrons. The van der Waals surface area contributed by atoms with Crippen molar-refractivity contribution < 1.29 is 24.1 Å². The summed E-state index contributed by atoms with van der Waals surface area (Å²) in [6.07, 6.45) is 0.552. The van der Waals surface area contributed by atoms with Crippen LogP contribution in [0, 0.1) is 12.7 Å². The Hall–Kier alpha value is -3.10. The van der Waals surface area contributed by atoms with Gasteiger partial charge in [0.15, 0.2) is 6.10 Å². The Morgan fingerprint density at radius 3 is 2.84 bits per heavy atom. The van der Waals surface area contributed by atoms with E-state index in [1.165, 1.54) is 6.07 Å². The minimum Gasteiger partial charge on any atom is -0.458 e. The highest BCUT2D eigenvalue weighted by atomic mass is 19.1. The summed E-state index contributed by atoms with van der Waals surface area (Å²) in [5, 5.41) is 20.9. The molecule has 0 amide bonds. The molecule has 3 aliphatic rings. The highest BCUT2D eigenvalue weighted by molar-refractivity contribution is 5.93. The van der Waals surface area contributed by atoms with Crippen LogP contribution in [0.15, 0.2) is 16.9 Å². The molecule has 2 atom stereocenters. The van der Waals surface area contributed by atoms with Crippen LogP contribution in [0.25, 0.3) is 22.3 Å². The lowest BCUT2D eigenvalue weighted by Gasteiger charge is -2.28. The predicted octanol–water partition coefficient (Wildman–Crippen LogP) is 2.38. The highest BCUT2D eigenvalue weighted by Crippen LogP contribution is 2.46. The maximum absolute atomic E-state index is 14.7. The summed E-state index contributed by atoms with van der Waals surface area (Å²) in [5.74, 6) is -1.02. The van der Waals surface area contributed by atoms with E-state index < -0.39 is 12.1 Å². The lowest BCUT2D eigenvalue weighted by molar-refractivity contribution is -0.157. The molecule has 0 spiro atoms. The fraction of sp³-hybridized carbons (Fsp3) is 0.375. The zero-order valence-corrected chi connectivity index (χ0v) is 17.4. The van der Waals surface area contributed by atoms with E-state index in [0.29, 0.717) is 41.9 Å². The highest BCUT2D eigenvalue weighted by Gasteiger charge is 2.37. The Labute approximate surface area is 182 Å². The summed E-state index contributed by atoms with van der Waals surface area (Å²) >= 11 is 0. The summed E-state index contributed by atoms with van der Waals surface area (Å²) < 4.78 is 21.3. The lowest BCUT2D eigenvalue weighted by atomic mass is 9.77. The molecular formula is C24H21FN2O5. The number of esters is 1. The van der Waals surface area contributed by atoms with Gasteiger partial charge < -0.3 is 19.5 Å². The molecule has 0 bridgehead atoms. The molecule has 32 heavy (non-hydrogen) atoms.